The standard InChI is InChI=1S/C16H25N3O3S2/c1-3-23-15-9-5-4-8-14(15)18-16(20)17-11-13-7-6-10-19(12-13)24(2,21)22/h4-5,8-9,13H,3,6-7,10-12H2,1-2H3,(H2,17,18,20)/t13-/m1/s1. The first-order valence-electron chi connectivity index (χ1n) is 8.12. The second-order valence-electron chi connectivity index (χ2n) is 5.89. The number of carbonyl (C=O) groups excluding carboxylic acids is 1. The van der Waals surface area contributed by atoms with E-state index in [1.807, 2.05) is 24.3 Å². The average Bonchev–Trinajstić information content (AvgIpc) is 2.54. The Morgan fingerprint density at radius 1 is 1.38 bits per heavy atom. The van der Waals surface area contributed by atoms with Crippen molar-refractivity contribution in [2.24, 2.45) is 5.92 Å². The van der Waals surface area contributed by atoms with Crippen LogP contribution in [0, 0.1) is 5.92 Å². The molecular formula is C16H25N3O3S2. The molecule has 0 radical (unpaired) electrons. The fourth-order valence-electron chi connectivity index (χ4n) is 2.75. The van der Waals surface area contributed by atoms with Gasteiger partial charge >= 0.3 is 6.03 Å². The zero-order valence-corrected chi connectivity index (χ0v) is 15.8. The molecule has 1 saturated heterocycles. The normalized spacial score (nSPS) is 19.0. The van der Waals surface area contributed by atoms with Crippen LogP contribution in [-0.4, -0.2) is 50.4 Å². The molecule has 0 aromatic heterocycles. The molecule has 6 nitrogen and oxygen atoms in total. The van der Waals surface area contributed by atoms with Crippen LogP contribution < -0.4 is 10.6 Å². The van der Waals surface area contributed by atoms with Crippen LogP contribution in [0.4, 0.5) is 10.5 Å². The minimum Gasteiger partial charge on any atom is -0.338 e. The van der Waals surface area contributed by atoms with Gasteiger partial charge < -0.3 is 10.6 Å². The molecule has 2 amide bonds. The molecule has 1 aliphatic heterocycles. The lowest BCUT2D eigenvalue weighted by atomic mass is 10.00. The molecule has 1 aliphatic rings. The Morgan fingerprint density at radius 2 is 2.12 bits per heavy atom. The average molecular weight is 372 g/mol. The Balaban J connectivity index is 1.85. The summed E-state index contributed by atoms with van der Waals surface area (Å²) in [5.74, 6) is 1.09. The van der Waals surface area contributed by atoms with Gasteiger partial charge in [0.2, 0.25) is 10.0 Å². The first kappa shape index (κ1) is 19.1. The van der Waals surface area contributed by atoms with Crippen LogP contribution in [-0.2, 0) is 10.0 Å². The summed E-state index contributed by atoms with van der Waals surface area (Å²) in [5, 5.41) is 5.74. The number of benzene rings is 1. The van der Waals surface area contributed by atoms with E-state index in [2.05, 4.69) is 17.6 Å². The number of piperidine rings is 1. The number of anilines is 1. The summed E-state index contributed by atoms with van der Waals surface area (Å²) in [6.45, 7) is 3.59. The van der Waals surface area contributed by atoms with Crippen LogP contribution in [0.5, 0.6) is 0 Å². The molecule has 1 aromatic rings. The van der Waals surface area contributed by atoms with Gasteiger partial charge in [-0.3, -0.25) is 0 Å². The number of para-hydroxylation sites is 1. The number of amides is 2. The summed E-state index contributed by atoms with van der Waals surface area (Å²) in [6, 6.07) is 7.44. The molecule has 1 aromatic carbocycles. The van der Waals surface area contributed by atoms with Crippen molar-refractivity contribution in [3.05, 3.63) is 24.3 Å². The predicted molar refractivity (Wildman–Crippen MR) is 99.0 cm³/mol. The fourth-order valence-corrected chi connectivity index (χ4v) is 4.45. The molecule has 0 unspecified atom stereocenters. The maximum atomic E-state index is 12.1. The van der Waals surface area contributed by atoms with Crippen molar-refractivity contribution in [1.82, 2.24) is 9.62 Å². The molecule has 0 spiro atoms. The lowest BCUT2D eigenvalue weighted by Crippen LogP contribution is -2.43. The first-order chi connectivity index (χ1) is 11.4. The number of carbonyl (C=O) groups is 1. The molecule has 0 bridgehead atoms. The Kier molecular flexibility index (Phi) is 6.94. The second-order valence-corrected chi connectivity index (χ2v) is 9.18. The van der Waals surface area contributed by atoms with Crippen LogP contribution >= 0.6 is 11.8 Å². The predicted octanol–water partition coefficient (Wildman–Crippen LogP) is 2.59. The van der Waals surface area contributed by atoms with Gasteiger partial charge in [0, 0.05) is 24.5 Å². The van der Waals surface area contributed by atoms with E-state index in [4.69, 9.17) is 0 Å². The third-order valence-corrected chi connectivity index (χ3v) is 6.16. The molecule has 2 rings (SSSR count). The maximum absolute atomic E-state index is 12.1. The zero-order valence-electron chi connectivity index (χ0n) is 14.1. The van der Waals surface area contributed by atoms with Gasteiger partial charge in [0.15, 0.2) is 0 Å². The van der Waals surface area contributed by atoms with Gasteiger partial charge in [-0.1, -0.05) is 19.1 Å². The van der Waals surface area contributed by atoms with E-state index >= 15 is 0 Å². The highest BCUT2D eigenvalue weighted by Gasteiger charge is 2.26. The minimum absolute atomic E-state index is 0.152. The van der Waals surface area contributed by atoms with Crippen LogP contribution in [0.15, 0.2) is 29.2 Å². The van der Waals surface area contributed by atoms with Crippen molar-refractivity contribution >= 4 is 33.5 Å². The van der Waals surface area contributed by atoms with Gasteiger partial charge in [-0.2, -0.15) is 0 Å². The molecular weight excluding hydrogens is 346 g/mol. The third kappa shape index (κ3) is 5.68. The van der Waals surface area contributed by atoms with Gasteiger partial charge in [0.1, 0.15) is 0 Å². The van der Waals surface area contributed by atoms with Crippen molar-refractivity contribution in [3.8, 4) is 0 Å². The van der Waals surface area contributed by atoms with E-state index in [0.717, 1.165) is 29.2 Å². The maximum Gasteiger partial charge on any atom is 0.319 e. The Bertz CT molecular complexity index is 664. The van der Waals surface area contributed by atoms with E-state index in [1.54, 1.807) is 11.8 Å². The molecule has 1 fully saturated rings. The highest BCUT2D eigenvalue weighted by Crippen LogP contribution is 2.26. The van der Waals surface area contributed by atoms with Crippen molar-refractivity contribution in [1.29, 1.82) is 0 Å². The van der Waals surface area contributed by atoms with E-state index in [-0.39, 0.29) is 11.9 Å². The number of nitrogens with zero attached hydrogens (tertiary/aromatic N) is 1. The summed E-state index contributed by atoms with van der Waals surface area (Å²) in [7, 11) is -3.16. The first-order valence-corrected chi connectivity index (χ1v) is 11.0. The number of hydrogen-bond acceptors (Lipinski definition) is 4. The molecule has 1 atom stereocenters. The van der Waals surface area contributed by atoms with E-state index in [0.29, 0.717) is 19.6 Å². The lowest BCUT2D eigenvalue weighted by molar-refractivity contribution is 0.239. The van der Waals surface area contributed by atoms with Crippen molar-refractivity contribution in [2.45, 2.75) is 24.7 Å². The molecule has 0 saturated carbocycles. The van der Waals surface area contributed by atoms with Gasteiger partial charge in [-0.15, -0.1) is 11.8 Å². The van der Waals surface area contributed by atoms with Crippen molar-refractivity contribution in [3.63, 3.8) is 0 Å². The Labute approximate surface area is 148 Å². The third-order valence-electron chi connectivity index (χ3n) is 3.94. The quantitative estimate of drug-likeness (QED) is 0.754. The lowest BCUT2D eigenvalue weighted by Gasteiger charge is -2.30. The summed E-state index contributed by atoms with van der Waals surface area (Å²) in [6.07, 6.45) is 2.99. The highest BCUT2D eigenvalue weighted by molar-refractivity contribution is 7.99. The van der Waals surface area contributed by atoms with Gasteiger partial charge in [-0.05, 0) is 36.6 Å². The summed E-state index contributed by atoms with van der Waals surface area (Å²) < 4.78 is 24.8. The van der Waals surface area contributed by atoms with Crippen LogP contribution in [0.2, 0.25) is 0 Å². The van der Waals surface area contributed by atoms with E-state index in [9.17, 15) is 13.2 Å². The second kappa shape index (κ2) is 8.73. The van der Waals surface area contributed by atoms with Gasteiger partial charge in [0.25, 0.3) is 0 Å². The largest absolute Gasteiger partial charge is 0.338 e. The van der Waals surface area contributed by atoms with E-state index in [1.165, 1.54) is 10.6 Å². The smallest absolute Gasteiger partial charge is 0.319 e. The summed E-state index contributed by atoms with van der Waals surface area (Å²) in [4.78, 5) is 13.2. The van der Waals surface area contributed by atoms with Crippen molar-refractivity contribution < 1.29 is 13.2 Å². The van der Waals surface area contributed by atoms with Crippen LogP contribution in [0.25, 0.3) is 0 Å². The monoisotopic (exact) mass is 371 g/mol. The van der Waals surface area contributed by atoms with Crippen molar-refractivity contribution in [2.75, 3.05) is 37.0 Å². The Morgan fingerprint density at radius 3 is 2.83 bits per heavy atom. The molecule has 0 aliphatic carbocycles. The molecule has 134 valence electrons. The van der Waals surface area contributed by atoms with Crippen LogP contribution in [0.3, 0.4) is 0 Å². The number of thioether (sulfide) groups is 1. The number of rotatable bonds is 6. The van der Waals surface area contributed by atoms with E-state index < -0.39 is 10.0 Å². The zero-order chi connectivity index (χ0) is 17.6. The van der Waals surface area contributed by atoms with Gasteiger partial charge in [0.05, 0.1) is 11.9 Å². The number of sulfonamides is 1. The minimum atomic E-state index is -3.16. The summed E-state index contributed by atoms with van der Waals surface area (Å²) >= 11 is 1.68. The Hall–Kier alpha value is -1.25. The fraction of sp³-hybridized carbons (Fsp3) is 0.562. The number of hydrogen-bond donors (Lipinski definition) is 2. The van der Waals surface area contributed by atoms with Crippen LogP contribution in [0.1, 0.15) is 19.8 Å². The molecule has 2 N–H and O–H groups in total. The highest BCUT2D eigenvalue weighted by atomic mass is 32.2. The van der Waals surface area contributed by atoms with Gasteiger partial charge in [-0.25, -0.2) is 17.5 Å². The summed E-state index contributed by atoms with van der Waals surface area (Å²) in [5.41, 5.74) is 0.795. The molecule has 1 heterocycles. The topological polar surface area (TPSA) is 78.5 Å². The SMILES string of the molecule is CCSc1ccccc1NC(=O)NC[C@H]1CCCN(S(C)(=O)=O)C1. The molecule has 24 heavy (non-hydrogen) atoms. The number of nitrogens with one attached hydrogen (secondary N) is 2. The molecule has 8 heteroatoms. The number of urea groups is 1.